The minimum atomic E-state index is -3.99. The van der Waals surface area contributed by atoms with E-state index in [9.17, 15) is 13.2 Å². The summed E-state index contributed by atoms with van der Waals surface area (Å²) >= 11 is 0. The maximum Gasteiger partial charge on any atom is 0.324 e. The first-order valence-electron chi connectivity index (χ1n) is 8.07. The number of ether oxygens (including phenoxy) is 2. The van der Waals surface area contributed by atoms with Gasteiger partial charge in [-0.2, -0.15) is 4.72 Å². The fourth-order valence-corrected chi connectivity index (χ4v) is 3.97. The van der Waals surface area contributed by atoms with Gasteiger partial charge in [-0.25, -0.2) is 8.42 Å². The number of rotatable bonds is 7. The fourth-order valence-electron chi connectivity index (χ4n) is 2.55. The van der Waals surface area contributed by atoms with Crippen LogP contribution in [0.3, 0.4) is 0 Å². The molecule has 0 amide bonds. The lowest BCUT2D eigenvalue weighted by Crippen LogP contribution is -2.43. The summed E-state index contributed by atoms with van der Waals surface area (Å²) in [7, 11) is -1.36. The average molecular weight is 377 g/mol. The number of hydrogen-bond donors (Lipinski definition) is 1. The molecule has 0 bridgehead atoms. The summed E-state index contributed by atoms with van der Waals surface area (Å²) < 4.78 is 38.2. The molecule has 26 heavy (non-hydrogen) atoms. The normalized spacial score (nSPS) is 12.5. The number of methoxy groups -OCH3 is 2. The number of nitrogens with one attached hydrogen (secondary N) is 1. The Morgan fingerprint density at radius 3 is 2.27 bits per heavy atom. The van der Waals surface area contributed by atoms with Crippen LogP contribution < -0.4 is 9.46 Å². The molecule has 1 N–H and O–H groups in total. The summed E-state index contributed by atoms with van der Waals surface area (Å²) in [6.07, 6.45) is 0.180. The molecule has 140 valence electrons. The maximum absolute atomic E-state index is 12.9. The van der Waals surface area contributed by atoms with Crippen LogP contribution in [0, 0.1) is 13.8 Å². The van der Waals surface area contributed by atoms with E-state index in [0.29, 0.717) is 0 Å². The van der Waals surface area contributed by atoms with Crippen LogP contribution >= 0.6 is 0 Å². The Hall–Kier alpha value is -2.38. The largest absolute Gasteiger partial charge is 0.495 e. The number of hydrogen-bond acceptors (Lipinski definition) is 5. The number of esters is 1. The molecule has 0 radical (unpaired) electrons. The van der Waals surface area contributed by atoms with Gasteiger partial charge in [-0.15, -0.1) is 0 Å². The highest BCUT2D eigenvalue weighted by atomic mass is 32.2. The zero-order valence-corrected chi connectivity index (χ0v) is 16.1. The van der Waals surface area contributed by atoms with E-state index in [1.807, 2.05) is 44.2 Å². The van der Waals surface area contributed by atoms with Crippen molar-refractivity contribution in [2.75, 3.05) is 14.2 Å². The van der Waals surface area contributed by atoms with Crippen molar-refractivity contribution in [1.82, 2.24) is 4.72 Å². The van der Waals surface area contributed by atoms with Crippen LogP contribution in [0.4, 0.5) is 0 Å². The number of aryl methyl sites for hydroxylation is 2. The van der Waals surface area contributed by atoms with Crippen LogP contribution in [0.25, 0.3) is 0 Å². The molecule has 0 spiro atoms. The topological polar surface area (TPSA) is 81.7 Å². The van der Waals surface area contributed by atoms with Gasteiger partial charge >= 0.3 is 5.97 Å². The molecule has 0 saturated carbocycles. The number of carbonyl (C=O) groups is 1. The summed E-state index contributed by atoms with van der Waals surface area (Å²) in [4.78, 5) is 12.1. The van der Waals surface area contributed by atoms with E-state index in [1.54, 1.807) is 6.07 Å². The second-order valence-electron chi connectivity index (χ2n) is 5.97. The SMILES string of the molecule is COC(=O)C(Cc1ccccc1)NS(=O)(=O)c1cc(C)c(C)cc1OC. The van der Waals surface area contributed by atoms with Gasteiger partial charge in [0.2, 0.25) is 10.0 Å². The Balaban J connectivity index is 2.37. The van der Waals surface area contributed by atoms with Gasteiger partial charge in [0.1, 0.15) is 16.7 Å². The molecule has 6 nitrogen and oxygen atoms in total. The van der Waals surface area contributed by atoms with Crippen LogP contribution in [-0.4, -0.2) is 34.6 Å². The van der Waals surface area contributed by atoms with Gasteiger partial charge in [0.15, 0.2) is 0 Å². The highest BCUT2D eigenvalue weighted by Gasteiger charge is 2.29. The third-order valence-electron chi connectivity index (χ3n) is 4.14. The van der Waals surface area contributed by atoms with Crippen molar-refractivity contribution in [3.63, 3.8) is 0 Å². The molecule has 0 heterocycles. The summed E-state index contributed by atoms with van der Waals surface area (Å²) in [6.45, 7) is 3.68. The summed E-state index contributed by atoms with van der Waals surface area (Å²) in [5.41, 5.74) is 2.54. The Kier molecular flexibility index (Phi) is 6.39. The molecule has 2 aromatic rings. The Morgan fingerprint density at radius 2 is 1.69 bits per heavy atom. The lowest BCUT2D eigenvalue weighted by molar-refractivity contribution is -0.142. The molecule has 0 aromatic heterocycles. The predicted octanol–water partition coefficient (Wildman–Crippen LogP) is 2.37. The predicted molar refractivity (Wildman–Crippen MR) is 98.7 cm³/mol. The van der Waals surface area contributed by atoms with Crippen LogP contribution in [0.1, 0.15) is 16.7 Å². The zero-order valence-electron chi connectivity index (χ0n) is 15.3. The third-order valence-corrected chi connectivity index (χ3v) is 5.63. The molecule has 2 rings (SSSR count). The van der Waals surface area contributed by atoms with Crippen molar-refractivity contribution in [1.29, 1.82) is 0 Å². The lowest BCUT2D eigenvalue weighted by Gasteiger charge is -2.18. The molecular formula is C19H23NO5S. The molecule has 0 saturated heterocycles. The van der Waals surface area contributed by atoms with E-state index in [0.717, 1.165) is 16.7 Å². The highest BCUT2D eigenvalue weighted by molar-refractivity contribution is 7.89. The Bertz CT molecular complexity index is 878. The van der Waals surface area contributed by atoms with Crippen molar-refractivity contribution >= 4 is 16.0 Å². The fraction of sp³-hybridized carbons (Fsp3) is 0.316. The molecule has 7 heteroatoms. The van der Waals surface area contributed by atoms with Crippen LogP contribution in [0.5, 0.6) is 5.75 Å². The average Bonchev–Trinajstić information content (AvgIpc) is 2.62. The van der Waals surface area contributed by atoms with E-state index in [2.05, 4.69) is 4.72 Å². The summed E-state index contributed by atoms with van der Waals surface area (Å²) in [5.74, 6) is -0.427. The lowest BCUT2D eigenvalue weighted by atomic mass is 10.1. The van der Waals surface area contributed by atoms with E-state index in [-0.39, 0.29) is 17.1 Å². The second-order valence-corrected chi connectivity index (χ2v) is 7.66. The Morgan fingerprint density at radius 1 is 1.08 bits per heavy atom. The second kappa shape index (κ2) is 8.33. The molecule has 0 aliphatic carbocycles. The monoisotopic (exact) mass is 377 g/mol. The highest BCUT2D eigenvalue weighted by Crippen LogP contribution is 2.27. The van der Waals surface area contributed by atoms with Gasteiger partial charge in [-0.1, -0.05) is 30.3 Å². The minimum Gasteiger partial charge on any atom is -0.495 e. The van der Waals surface area contributed by atoms with Gasteiger partial charge in [-0.05, 0) is 49.1 Å². The maximum atomic E-state index is 12.9. The van der Waals surface area contributed by atoms with E-state index in [1.165, 1.54) is 20.3 Å². The van der Waals surface area contributed by atoms with Crippen molar-refractivity contribution < 1.29 is 22.7 Å². The summed E-state index contributed by atoms with van der Waals surface area (Å²) in [6, 6.07) is 11.3. The van der Waals surface area contributed by atoms with Crippen LogP contribution in [-0.2, 0) is 26.0 Å². The van der Waals surface area contributed by atoms with Crippen molar-refractivity contribution in [2.24, 2.45) is 0 Å². The van der Waals surface area contributed by atoms with Gasteiger partial charge in [0.25, 0.3) is 0 Å². The zero-order chi connectivity index (χ0) is 19.3. The number of sulfonamides is 1. The smallest absolute Gasteiger partial charge is 0.324 e. The first-order chi connectivity index (χ1) is 12.3. The van der Waals surface area contributed by atoms with Crippen LogP contribution in [0.2, 0.25) is 0 Å². The van der Waals surface area contributed by atoms with Gasteiger partial charge in [0, 0.05) is 0 Å². The van der Waals surface area contributed by atoms with E-state index >= 15 is 0 Å². The first-order valence-corrected chi connectivity index (χ1v) is 9.56. The third kappa shape index (κ3) is 4.62. The van der Waals surface area contributed by atoms with E-state index < -0.39 is 22.0 Å². The van der Waals surface area contributed by atoms with Gasteiger partial charge in [-0.3, -0.25) is 4.79 Å². The quantitative estimate of drug-likeness (QED) is 0.749. The molecule has 2 aromatic carbocycles. The van der Waals surface area contributed by atoms with Crippen molar-refractivity contribution in [2.45, 2.75) is 31.2 Å². The molecular weight excluding hydrogens is 354 g/mol. The number of carbonyl (C=O) groups excluding carboxylic acids is 1. The molecule has 0 aliphatic heterocycles. The minimum absolute atomic E-state index is 0.00920. The molecule has 0 aliphatic rings. The van der Waals surface area contributed by atoms with Crippen molar-refractivity contribution in [3.05, 3.63) is 59.2 Å². The molecule has 0 fully saturated rings. The van der Waals surface area contributed by atoms with Crippen molar-refractivity contribution in [3.8, 4) is 5.75 Å². The number of benzene rings is 2. The first kappa shape index (κ1) is 19.9. The summed E-state index contributed by atoms with van der Waals surface area (Å²) in [5, 5.41) is 0. The Labute approximate surface area is 154 Å². The molecule has 1 atom stereocenters. The van der Waals surface area contributed by atoms with Gasteiger partial charge in [0.05, 0.1) is 14.2 Å². The standard InChI is InChI=1S/C19H23NO5S/c1-13-10-17(24-3)18(11-14(13)2)26(22,23)20-16(19(21)25-4)12-15-8-6-5-7-9-15/h5-11,16,20H,12H2,1-4H3. The van der Waals surface area contributed by atoms with Crippen LogP contribution in [0.15, 0.2) is 47.4 Å². The van der Waals surface area contributed by atoms with E-state index in [4.69, 9.17) is 9.47 Å². The van der Waals surface area contributed by atoms with Gasteiger partial charge < -0.3 is 9.47 Å². The molecule has 1 unspecified atom stereocenters.